The van der Waals surface area contributed by atoms with E-state index in [1.54, 1.807) is 41.8 Å². The lowest BCUT2D eigenvalue weighted by Crippen LogP contribution is -2.37. The smallest absolute Gasteiger partial charge is 0.271 e. The second kappa shape index (κ2) is 6.94. The van der Waals surface area contributed by atoms with Gasteiger partial charge in [-0.3, -0.25) is 9.52 Å². The van der Waals surface area contributed by atoms with Crippen molar-refractivity contribution in [1.82, 2.24) is 4.90 Å². The number of anilines is 1. The van der Waals surface area contributed by atoms with E-state index in [4.69, 9.17) is 0 Å². The molecular formula is C15H16N2O3S3. The van der Waals surface area contributed by atoms with Crippen LogP contribution in [0.3, 0.4) is 0 Å². The first-order chi connectivity index (χ1) is 11.1. The van der Waals surface area contributed by atoms with Gasteiger partial charge in [0.05, 0.1) is 0 Å². The van der Waals surface area contributed by atoms with Gasteiger partial charge in [-0.2, -0.15) is 11.8 Å². The van der Waals surface area contributed by atoms with Gasteiger partial charge in [-0.15, -0.1) is 11.3 Å². The second-order valence-corrected chi connectivity index (χ2v) is 9.10. The highest BCUT2D eigenvalue weighted by Gasteiger charge is 2.20. The predicted octanol–water partition coefficient (Wildman–Crippen LogP) is 2.74. The van der Waals surface area contributed by atoms with E-state index in [9.17, 15) is 13.2 Å². The van der Waals surface area contributed by atoms with Crippen LogP contribution in [0.2, 0.25) is 0 Å². The molecule has 1 fully saturated rings. The minimum absolute atomic E-state index is 0.0533. The van der Waals surface area contributed by atoms with Gasteiger partial charge in [-0.05, 0) is 29.6 Å². The van der Waals surface area contributed by atoms with Crippen LogP contribution in [0.4, 0.5) is 5.69 Å². The van der Waals surface area contributed by atoms with Crippen LogP contribution in [-0.2, 0) is 10.0 Å². The topological polar surface area (TPSA) is 66.5 Å². The van der Waals surface area contributed by atoms with Crippen molar-refractivity contribution in [2.45, 2.75) is 4.21 Å². The largest absolute Gasteiger partial charge is 0.337 e. The molecule has 3 rings (SSSR count). The zero-order chi connectivity index (χ0) is 16.3. The van der Waals surface area contributed by atoms with Crippen LogP contribution in [0.15, 0.2) is 46.0 Å². The van der Waals surface area contributed by atoms with Crippen LogP contribution >= 0.6 is 23.1 Å². The molecule has 0 bridgehead atoms. The number of thiophene rings is 1. The summed E-state index contributed by atoms with van der Waals surface area (Å²) in [6.07, 6.45) is 0. The molecule has 0 unspecified atom stereocenters. The van der Waals surface area contributed by atoms with Gasteiger partial charge in [-0.1, -0.05) is 12.1 Å². The third-order valence-corrected chi connectivity index (χ3v) is 7.14. The van der Waals surface area contributed by atoms with Gasteiger partial charge in [0.1, 0.15) is 4.21 Å². The van der Waals surface area contributed by atoms with Crippen LogP contribution in [0, 0.1) is 0 Å². The lowest BCUT2D eigenvalue weighted by molar-refractivity contribution is 0.0772. The SMILES string of the molecule is O=C(c1cccc(NS(=O)(=O)c2cccs2)c1)N1CCSCC1. The van der Waals surface area contributed by atoms with Crippen molar-refractivity contribution in [1.29, 1.82) is 0 Å². The molecule has 1 aromatic heterocycles. The average Bonchev–Trinajstić information content (AvgIpc) is 3.10. The number of thioether (sulfide) groups is 1. The fourth-order valence-electron chi connectivity index (χ4n) is 2.29. The van der Waals surface area contributed by atoms with Crippen molar-refractivity contribution in [3.05, 3.63) is 47.3 Å². The molecule has 1 aliphatic heterocycles. The van der Waals surface area contributed by atoms with Gasteiger partial charge >= 0.3 is 0 Å². The Morgan fingerprint density at radius 1 is 1.13 bits per heavy atom. The Bertz CT molecular complexity index is 782. The highest BCUT2D eigenvalue weighted by atomic mass is 32.2. The maximum Gasteiger partial charge on any atom is 0.271 e. The number of nitrogens with zero attached hydrogens (tertiary/aromatic N) is 1. The lowest BCUT2D eigenvalue weighted by atomic mass is 10.2. The zero-order valence-corrected chi connectivity index (χ0v) is 14.7. The number of carbonyl (C=O) groups is 1. The van der Waals surface area contributed by atoms with Crippen LogP contribution in [-0.4, -0.2) is 43.8 Å². The standard InChI is InChI=1S/C15H16N2O3S3/c18-15(17-6-9-21-10-7-17)12-3-1-4-13(11-12)16-23(19,20)14-5-2-8-22-14/h1-5,8,11,16H,6-7,9-10H2. The molecule has 23 heavy (non-hydrogen) atoms. The fourth-order valence-corrected chi connectivity index (χ4v) is 5.23. The summed E-state index contributed by atoms with van der Waals surface area (Å²) < 4.78 is 27.3. The third kappa shape index (κ3) is 3.88. The Morgan fingerprint density at radius 2 is 1.91 bits per heavy atom. The Kier molecular flexibility index (Phi) is 4.93. The first kappa shape index (κ1) is 16.4. The number of hydrogen-bond acceptors (Lipinski definition) is 5. The van der Waals surface area contributed by atoms with E-state index in [-0.39, 0.29) is 10.1 Å². The van der Waals surface area contributed by atoms with Gasteiger partial charge < -0.3 is 4.90 Å². The summed E-state index contributed by atoms with van der Waals surface area (Å²) in [7, 11) is -3.60. The Labute approximate surface area is 143 Å². The molecule has 0 aliphatic carbocycles. The van der Waals surface area contributed by atoms with Gasteiger partial charge in [0.25, 0.3) is 15.9 Å². The Morgan fingerprint density at radius 3 is 2.61 bits per heavy atom. The molecule has 0 radical (unpaired) electrons. The quantitative estimate of drug-likeness (QED) is 0.901. The first-order valence-corrected chi connectivity index (χ1v) is 10.6. The zero-order valence-electron chi connectivity index (χ0n) is 12.3. The van der Waals surface area contributed by atoms with Crippen LogP contribution in [0.5, 0.6) is 0 Å². The summed E-state index contributed by atoms with van der Waals surface area (Å²) in [6, 6.07) is 9.88. The summed E-state index contributed by atoms with van der Waals surface area (Å²) >= 11 is 2.99. The van der Waals surface area contributed by atoms with E-state index < -0.39 is 10.0 Å². The number of amides is 1. The van der Waals surface area contributed by atoms with Crippen molar-refractivity contribution < 1.29 is 13.2 Å². The molecule has 1 N–H and O–H groups in total. The molecule has 2 aromatic rings. The summed E-state index contributed by atoms with van der Waals surface area (Å²) in [5.74, 6) is 1.83. The van der Waals surface area contributed by atoms with E-state index in [0.717, 1.165) is 35.9 Å². The molecule has 122 valence electrons. The lowest BCUT2D eigenvalue weighted by Gasteiger charge is -2.26. The minimum Gasteiger partial charge on any atom is -0.337 e. The number of hydrogen-bond donors (Lipinski definition) is 1. The predicted molar refractivity (Wildman–Crippen MR) is 94.8 cm³/mol. The molecule has 2 heterocycles. The van der Waals surface area contributed by atoms with Crippen LogP contribution < -0.4 is 4.72 Å². The molecule has 1 aliphatic rings. The van der Waals surface area contributed by atoms with Gasteiger partial charge in [0.15, 0.2) is 0 Å². The van der Waals surface area contributed by atoms with Crippen molar-refractivity contribution in [2.75, 3.05) is 29.3 Å². The summed E-state index contributed by atoms with van der Waals surface area (Å²) in [6.45, 7) is 1.46. The van der Waals surface area contributed by atoms with Gasteiger partial charge in [-0.25, -0.2) is 8.42 Å². The van der Waals surface area contributed by atoms with Crippen LogP contribution in [0.25, 0.3) is 0 Å². The number of nitrogens with one attached hydrogen (secondary N) is 1. The summed E-state index contributed by atoms with van der Waals surface area (Å²) in [4.78, 5) is 14.3. The van der Waals surface area contributed by atoms with Gasteiger partial charge in [0.2, 0.25) is 0 Å². The molecule has 0 spiro atoms. The maximum absolute atomic E-state index is 12.5. The minimum atomic E-state index is -3.60. The number of carbonyl (C=O) groups excluding carboxylic acids is 1. The monoisotopic (exact) mass is 368 g/mol. The normalized spacial score (nSPS) is 15.4. The molecule has 8 heteroatoms. The molecule has 0 atom stereocenters. The molecule has 1 aromatic carbocycles. The highest BCUT2D eigenvalue weighted by molar-refractivity contribution is 7.99. The van der Waals surface area contributed by atoms with Crippen molar-refractivity contribution in [3.63, 3.8) is 0 Å². The van der Waals surface area contributed by atoms with Gasteiger partial charge in [0, 0.05) is 35.8 Å². The number of sulfonamides is 1. The summed E-state index contributed by atoms with van der Waals surface area (Å²) in [5.41, 5.74) is 0.902. The molecule has 1 saturated heterocycles. The van der Waals surface area contributed by atoms with Crippen molar-refractivity contribution >= 4 is 44.7 Å². The fraction of sp³-hybridized carbons (Fsp3) is 0.267. The molecular weight excluding hydrogens is 352 g/mol. The highest BCUT2D eigenvalue weighted by Crippen LogP contribution is 2.21. The second-order valence-electron chi connectivity index (χ2n) is 5.02. The number of benzene rings is 1. The maximum atomic E-state index is 12.5. The van der Waals surface area contributed by atoms with E-state index >= 15 is 0 Å². The Balaban J connectivity index is 1.78. The van der Waals surface area contributed by atoms with E-state index in [2.05, 4.69) is 4.72 Å². The number of rotatable bonds is 4. The van der Waals surface area contributed by atoms with E-state index in [1.165, 1.54) is 0 Å². The molecule has 1 amide bonds. The summed E-state index contributed by atoms with van der Waals surface area (Å²) in [5, 5.41) is 1.71. The van der Waals surface area contributed by atoms with Crippen molar-refractivity contribution in [2.24, 2.45) is 0 Å². The van der Waals surface area contributed by atoms with E-state index in [0.29, 0.717) is 11.3 Å². The first-order valence-electron chi connectivity index (χ1n) is 7.10. The average molecular weight is 369 g/mol. The molecule has 5 nitrogen and oxygen atoms in total. The molecule has 0 saturated carbocycles. The third-order valence-electron chi connectivity index (χ3n) is 3.42. The van der Waals surface area contributed by atoms with Crippen molar-refractivity contribution in [3.8, 4) is 0 Å². The van der Waals surface area contributed by atoms with Crippen LogP contribution in [0.1, 0.15) is 10.4 Å². The Hall–Kier alpha value is -1.51. The van der Waals surface area contributed by atoms with E-state index in [1.807, 2.05) is 16.7 Å².